The summed E-state index contributed by atoms with van der Waals surface area (Å²) in [6, 6.07) is 14.0. The number of aromatic amines is 1. The SMILES string of the molecule is CCCCC(=O)OCC(=O)N1N=C(c2c[nH]c3ccccc23)[C@H](O)[C@H]1c1ccc(OC)cc1. The van der Waals surface area contributed by atoms with Crippen LogP contribution in [0.2, 0.25) is 0 Å². The van der Waals surface area contributed by atoms with E-state index in [1.54, 1.807) is 37.6 Å². The molecule has 1 aromatic heterocycles. The van der Waals surface area contributed by atoms with Crippen LogP contribution in [0.5, 0.6) is 5.75 Å². The molecule has 0 aliphatic carbocycles. The number of nitrogens with one attached hydrogen (secondary N) is 1. The third kappa shape index (κ3) is 4.61. The van der Waals surface area contributed by atoms with Crippen molar-refractivity contribution in [1.29, 1.82) is 0 Å². The highest BCUT2D eigenvalue weighted by atomic mass is 16.5. The van der Waals surface area contributed by atoms with Gasteiger partial charge in [0.15, 0.2) is 6.61 Å². The zero-order chi connectivity index (χ0) is 23.4. The van der Waals surface area contributed by atoms with Gasteiger partial charge in [-0.3, -0.25) is 9.59 Å². The summed E-state index contributed by atoms with van der Waals surface area (Å²) in [5.74, 6) is -0.270. The molecule has 1 aliphatic heterocycles. The summed E-state index contributed by atoms with van der Waals surface area (Å²) in [7, 11) is 1.57. The minimum absolute atomic E-state index is 0.262. The van der Waals surface area contributed by atoms with Crippen LogP contribution in [0.15, 0.2) is 59.8 Å². The van der Waals surface area contributed by atoms with E-state index in [4.69, 9.17) is 9.47 Å². The number of rotatable bonds is 8. The second-order valence-corrected chi connectivity index (χ2v) is 7.90. The average molecular weight is 450 g/mol. The number of aliphatic hydroxyl groups excluding tert-OH is 1. The summed E-state index contributed by atoms with van der Waals surface area (Å²) in [6.45, 7) is 1.54. The van der Waals surface area contributed by atoms with Crippen LogP contribution in [0.25, 0.3) is 10.9 Å². The second-order valence-electron chi connectivity index (χ2n) is 7.90. The smallest absolute Gasteiger partial charge is 0.306 e. The first kappa shape index (κ1) is 22.5. The Morgan fingerprint density at radius 2 is 1.91 bits per heavy atom. The van der Waals surface area contributed by atoms with Gasteiger partial charge in [-0.1, -0.05) is 43.7 Å². The van der Waals surface area contributed by atoms with E-state index >= 15 is 0 Å². The number of amides is 1. The van der Waals surface area contributed by atoms with Crippen molar-refractivity contribution < 1.29 is 24.2 Å². The molecule has 0 unspecified atom stereocenters. The molecule has 2 aromatic carbocycles. The van der Waals surface area contributed by atoms with E-state index in [0.29, 0.717) is 29.0 Å². The number of methoxy groups -OCH3 is 1. The molecule has 3 aromatic rings. The predicted molar refractivity (Wildman–Crippen MR) is 124 cm³/mol. The zero-order valence-corrected chi connectivity index (χ0v) is 18.7. The largest absolute Gasteiger partial charge is 0.497 e. The van der Waals surface area contributed by atoms with Crippen molar-refractivity contribution >= 4 is 28.5 Å². The Bertz CT molecular complexity index is 1170. The molecule has 0 bridgehead atoms. The molecule has 8 nitrogen and oxygen atoms in total. The lowest BCUT2D eigenvalue weighted by Gasteiger charge is -2.24. The highest BCUT2D eigenvalue weighted by molar-refractivity contribution is 6.14. The number of H-pyrrole nitrogens is 1. The van der Waals surface area contributed by atoms with E-state index in [1.165, 1.54) is 5.01 Å². The van der Waals surface area contributed by atoms with Gasteiger partial charge in [0.1, 0.15) is 23.6 Å². The number of hydrogen-bond donors (Lipinski definition) is 2. The number of para-hydroxylation sites is 1. The number of hydrazone groups is 1. The number of aliphatic hydroxyl groups is 1. The second kappa shape index (κ2) is 9.87. The normalized spacial score (nSPS) is 17.8. The van der Waals surface area contributed by atoms with E-state index < -0.39 is 30.6 Å². The Kier molecular flexibility index (Phi) is 6.74. The minimum Gasteiger partial charge on any atom is -0.497 e. The van der Waals surface area contributed by atoms with Gasteiger partial charge >= 0.3 is 5.97 Å². The first-order valence-corrected chi connectivity index (χ1v) is 11.0. The van der Waals surface area contributed by atoms with Crippen LogP contribution >= 0.6 is 0 Å². The quantitative estimate of drug-likeness (QED) is 0.512. The monoisotopic (exact) mass is 449 g/mol. The molecular weight excluding hydrogens is 422 g/mol. The predicted octanol–water partition coefficient (Wildman–Crippen LogP) is 3.56. The zero-order valence-electron chi connectivity index (χ0n) is 18.7. The molecule has 1 amide bonds. The number of unbranched alkanes of at least 4 members (excludes halogenated alkanes) is 1. The summed E-state index contributed by atoms with van der Waals surface area (Å²) in [5.41, 5.74) is 2.68. The number of nitrogens with zero attached hydrogens (tertiary/aromatic N) is 2. The topological polar surface area (TPSA) is 104 Å². The van der Waals surface area contributed by atoms with Crippen LogP contribution in [0, 0.1) is 0 Å². The molecule has 0 radical (unpaired) electrons. The summed E-state index contributed by atoms with van der Waals surface area (Å²) in [5, 5.41) is 17.9. The van der Waals surface area contributed by atoms with Crippen LogP contribution in [-0.2, 0) is 14.3 Å². The molecule has 172 valence electrons. The number of aromatic nitrogens is 1. The Balaban J connectivity index is 1.65. The van der Waals surface area contributed by atoms with Gasteiger partial charge in [-0.25, -0.2) is 5.01 Å². The summed E-state index contributed by atoms with van der Waals surface area (Å²) < 4.78 is 10.4. The van der Waals surface area contributed by atoms with Crippen molar-refractivity contribution in [2.45, 2.75) is 38.3 Å². The van der Waals surface area contributed by atoms with Crippen molar-refractivity contribution in [3.8, 4) is 5.75 Å². The third-order valence-corrected chi connectivity index (χ3v) is 5.73. The number of fused-ring (bicyclic) bond motifs is 1. The molecule has 2 N–H and O–H groups in total. The molecule has 33 heavy (non-hydrogen) atoms. The van der Waals surface area contributed by atoms with Crippen LogP contribution in [-0.4, -0.2) is 52.5 Å². The lowest BCUT2D eigenvalue weighted by Crippen LogP contribution is -2.36. The maximum atomic E-state index is 13.1. The highest BCUT2D eigenvalue weighted by Gasteiger charge is 2.41. The van der Waals surface area contributed by atoms with E-state index in [0.717, 1.165) is 17.3 Å². The molecule has 2 heterocycles. The molecule has 0 spiro atoms. The Labute approximate surface area is 191 Å². The fourth-order valence-electron chi connectivity index (χ4n) is 3.95. The third-order valence-electron chi connectivity index (χ3n) is 5.73. The molecule has 0 saturated carbocycles. The lowest BCUT2D eigenvalue weighted by atomic mass is 9.95. The van der Waals surface area contributed by atoms with Gasteiger partial charge in [-0.05, 0) is 30.2 Å². The van der Waals surface area contributed by atoms with E-state index in [9.17, 15) is 14.7 Å². The molecule has 4 rings (SSSR count). The standard InChI is InChI=1S/C25H27N3O5/c1-3-4-9-22(30)33-15-21(29)28-24(16-10-12-17(32-2)13-11-16)25(31)23(27-28)19-14-26-20-8-6-5-7-18(19)20/h5-8,10-14,24-26,31H,3-4,9,15H2,1-2H3/t24-,25+/m1/s1. The van der Waals surface area contributed by atoms with Crippen LogP contribution in [0.3, 0.4) is 0 Å². The Hall–Kier alpha value is -3.65. The van der Waals surface area contributed by atoms with Gasteiger partial charge in [0, 0.05) is 29.1 Å². The van der Waals surface area contributed by atoms with Crippen molar-refractivity contribution in [3.05, 3.63) is 65.9 Å². The van der Waals surface area contributed by atoms with Crippen molar-refractivity contribution in [3.63, 3.8) is 0 Å². The van der Waals surface area contributed by atoms with Crippen LogP contribution < -0.4 is 4.74 Å². The van der Waals surface area contributed by atoms with Gasteiger partial charge in [0.25, 0.3) is 5.91 Å². The van der Waals surface area contributed by atoms with E-state index in [-0.39, 0.29) is 6.42 Å². The summed E-state index contributed by atoms with van der Waals surface area (Å²) in [6.07, 6.45) is 2.53. The fraction of sp³-hybridized carbons (Fsp3) is 0.320. The summed E-state index contributed by atoms with van der Waals surface area (Å²) in [4.78, 5) is 28.1. The number of carbonyl (C=O) groups excluding carboxylic acids is 2. The number of hydrogen-bond acceptors (Lipinski definition) is 6. The number of benzene rings is 2. The Morgan fingerprint density at radius 3 is 2.64 bits per heavy atom. The lowest BCUT2D eigenvalue weighted by molar-refractivity contribution is -0.153. The molecule has 8 heteroatoms. The van der Waals surface area contributed by atoms with Crippen molar-refractivity contribution in [2.24, 2.45) is 5.10 Å². The molecule has 0 fully saturated rings. The average Bonchev–Trinajstić information content (AvgIpc) is 3.42. The molecular formula is C25H27N3O5. The van der Waals surface area contributed by atoms with E-state index in [2.05, 4.69) is 10.1 Å². The molecule has 2 atom stereocenters. The van der Waals surface area contributed by atoms with Gasteiger partial charge in [0.2, 0.25) is 0 Å². The molecule has 1 aliphatic rings. The number of ether oxygens (including phenoxy) is 2. The first-order chi connectivity index (χ1) is 16.0. The first-order valence-electron chi connectivity index (χ1n) is 11.0. The van der Waals surface area contributed by atoms with Crippen molar-refractivity contribution in [2.75, 3.05) is 13.7 Å². The van der Waals surface area contributed by atoms with Gasteiger partial charge in [-0.15, -0.1) is 0 Å². The van der Waals surface area contributed by atoms with Gasteiger partial charge in [-0.2, -0.15) is 5.10 Å². The van der Waals surface area contributed by atoms with Gasteiger partial charge < -0.3 is 19.6 Å². The van der Waals surface area contributed by atoms with E-state index in [1.807, 2.05) is 31.2 Å². The molecule has 0 saturated heterocycles. The maximum absolute atomic E-state index is 13.1. The fourth-order valence-corrected chi connectivity index (χ4v) is 3.95. The van der Waals surface area contributed by atoms with Crippen LogP contribution in [0.4, 0.5) is 0 Å². The Morgan fingerprint density at radius 1 is 1.15 bits per heavy atom. The number of carbonyl (C=O) groups is 2. The van der Waals surface area contributed by atoms with Gasteiger partial charge in [0.05, 0.1) is 7.11 Å². The number of esters is 1. The summed E-state index contributed by atoms with van der Waals surface area (Å²) >= 11 is 0. The van der Waals surface area contributed by atoms with Crippen LogP contribution in [0.1, 0.15) is 43.4 Å². The highest BCUT2D eigenvalue weighted by Crippen LogP contribution is 2.35. The van der Waals surface area contributed by atoms with Crippen molar-refractivity contribution in [1.82, 2.24) is 9.99 Å². The minimum atomic E-state index is -1.07. The maximum Gasteiger partial charge on any atom is 0.306 e.